The number of rotatable bonds is 7. The van der Waals surface area contributed by atoms with Crippen LogP contribution in [-0.4, -0.2) is 32.6 Å². The molecule has 0 bridgehead atoms. The molecule has 0 radical (unpaired) electrons. The van der Waals surface area contributed by atoms with E-state index >= 15 is 0 Å². The molecular weight excluding hydrogens is 272 g/mol. The quantitative estimate of drug-likeness (QED) is 0.756. The van der Waals surface area contributed by atoms with Gasteiger partial charge in [0.25, 0.3) is 0 Å². The van der Waals surface area contributed by atoms with Gasteiger partial charge in [0, 0.05) is 19.8 Å². The van der Waals surface area contributed by atoms with Crippen LogP contribution in [0.25, 0.3) is 0 Å². The highest BCUT2D eigenvalue weighted by Gasteiger charge is 2.16. The Morgan fingerprint density at radius 3 is 3.00 bits per heavy atom. The Hall–Kier alpha value is -1.95. The molecule has 0 fully saturated rings. The van der Waals surface area contributed by atoms with Crippen LogP contribution in [0.1, 0.15) is 31.9 Å². The van der Waals surface area contributed by atoms with Crippen molar-refractivity contribution in [3.05, 3.63) is 23.8 Å². The lowest BCUT2D eigenvalue weighted by Crippen LogP contribution is -2.37. The highest BCUT2D eigenvalue weighted by molar-refractivity contribution is 5.74. The third-order valence-corrected chi connectivity index (χ3v) is 3.20. The predicted octanol–water partition coefficient (Wildman–Crippen LogP) is 2.20. The smallest absolute Gasteiger partial charge is 0.315 e. The van der Waals surface area contributed by atoms with Crippen LogP contribution < -0.4 is 20.1 Å². The first-order valence-electron chi connectivity index (χ1n) is 7.22. The maximum atomic E-state index is 11.8. The van der Waals surface area contributed by atoms with E-state index in [1.165, 1.54) is 0 Å². The number of carbonyl (C=O) groups excluding carboxylic acids is 1. The van der Waals surface area contributed by atoms with E-state index in [9.17, 15) is 4.79 Å². The fourth-order valence-corrected chi connectivity index (χ4v) is 2.03. The van der Waals surface area contributed by atoms with Gasteiger partial charge in [0.05, 0.1) is 6.04 Å². The van der Waals surface area contributed by atoms with Crippen molar-refractivity contribution >= 4 is 6.03 Å². The Kier molecular flexibility index (Phi) is 5.68. The summed E-state index contributed by atoms with van der Waals surface area (Å²) in [5.41, 5.74) is 0.976. The summed E-state index contributed by atoms with van der Waals surface area (Å²) in [6.07, 6.45) is 0.805. The molecule has 0 saturated heterocycles. The monoisotopic (exact) mass is 294 g/mol. The van der Waals surface area contributed by atoms with E-state index in [1.807, 2.05) is 32.0 Å². The van der Waals surface area contributed by atoms with E-state index in [2.05, 4.69) is 10.6 Å². The van der Waals surface area contributed by atoms with Crippen molar-refractivity contribution in [2.24, 2.45) is 0 Å². The number of amides is 2. The zero-order chi connectivity index (χ0) is 15.1. The Labute approximate surface area is 124 Å². The highest BCUT2D eigenvalue weighted by Crippen LogP contribution is 2.34. The average Bonchev–Trinajstić information content (AvgIpc) is 2.94. The van der Waals surface area contributed by atoms with Crippen molar-refractivity contribution in [2.45, 2.75) is 26.3 Å². The molecule has 0 aliphatic carbocycles. The molecule has 0 spiro atoms. The second-order valence-corrected chi connectivity index (χ2v) is 4.79. The second kappa shape index (κ2) is 7.73. The van der Waals surface area contributed by atoms with Crippen molar-refractivity contribution in [2.75, 3.05) is 26.6 Å². The molecule has 6 nitrogen and oxygen atoms in total. The van der Waals surface area contributed by atoms with Gasteiger partial charge in [-0.2, -0.15) is 0 Å². The van der Waals surface area contributed by atoms with E-state index in [4.69, 9.17) is 14.2 Å². The summed E-state index contributed by atoms with van der Waals surface area (Å²) in [6.45, 7) is 6.09. The SMILES string of the molecule is CCOCCCNC(=O)N[C@@H](C)c1ccc2c(c1)OCO2. The van der Waals surface area contributed by atoms with Gasteiger partial charge in [-0.05, 0) is 38.0 Å². The van der Waals surface area contributed by atoms with Crippen LogP contribution in [0.4, 0.5) is 4.79 Å². The molecule has 1 aliphatic heterocycles. The van der Waals surface area contributed by atoms with Crippen LogP contribution >= 0.6 is 0 Å². The zero-order valence-electron chi connectivity index (χ0n) is 12.5. The molecule has 2 rings (SSSR count). The largest absolute Gasteiger partial charge is 0.454 e. The fourth-order valence-electron chi connectivity index (χ4n) is 2.03. The van der Waals surface area contributed by atoms with Gasteiger partial charge in [-0.3, -0.25) is 0 Å². The Bertz CT molecular complexity index is 479. The minimum atomic E-state index is -0.184. The highest BCUT2D eigenvalue weighted by atomic mass is 16.7. The summed E-state index contributed by atoms with van der Waals surface area (Å²) in [4.78, 5) is 11.8. The molecule has 1 aromatic carbocycles. The number of carbonyl (C=O) groups is 1. The molecule has 0 saturated carbocycles. The lowest BCUT2D eigenvalue weighted by atomic mass is 10.1. The molecule has 21 heavy (non-hydrogen) atoms. The number of nitrogens with one attached hydrogen (secondary N) is 2. The molecule has 0 aromatic heterocycles. The molecule has 116 valence electrons. The lowest BCUT2D eigenvalue weighted by Gasteiger charge is -2.15. The van der Waals surface area contributed by atoms with Crippen molar-refractivity contribution in [1.29, 1.82) is 0 Å². The first-order chi connectivity index (χ1) is 10.2. The van der Waals surface area contributed by atoms with Gasteiger partial charge in [0.1, 0.15) is 0 Å². The Morgan fingerprint density at radius 1 is 1.38 bits per heavy atom. The standard InChI is InChI=1S/C15H22N2O4/c1-3-19-8-4-7-16-15(18)17-11(2)12-5-6-13-14(9-12)21-10-20-13/h5-6,9,11H,3-4,7-8,10H2,1-2H3,(H2,16,17,18)/t11-/m0/s1. The molecule has 1 atom stereocenters. The Balaban J connectivity index is 1.75. The number of hydrogen-bond donors (Lipinski definition) is 2. The van der Waals surface area contributed by atoms with Crippen LogP contribution in [-0.2, 0) is 4.74 Å². The third-order valence-electron chi connectivity index (χ3n) is 3.20. The maximum Gasteiger partial charge on any atom is 0.315 e. The fraction of sp³-hybridized carbons (Fsp3) is 0.533. The van der Waals surface area contributed by atoms with Crippen molar-refractivity contribution < 1.29 is 19.0 Å². The number of fused-ring (bicyclic) bond motifs is 1. The zero-order valence-corrected chi connectivity index (χ0v) is 12.5. The van der Waals surface area contributed by atoms with E-state index in [-0.39, 0.29) is 18.9 Å². The molecule has 2 N–H and O–H groups in total. The van der Waals surface area contributed by atoms with Gasteiger partial charge in [0.2, 0.25) is 6.79 Å². The summed E-state index contributed by atoms with van der Waals surface area (Å²) in [7, 11) is 0. The maximum absolute atomic E-state index is 11.8. The van der Waals surface area contributed by atoms with Crippen LogP contribution in [0.5, 0.6) is 11.5 Å². The summed E-state index contributed by atoms with van der Waals surface area (Å²) in [5.74, 6) is 1.46. The van der Waals surface area contributed by atoms with Gasteiger partial charge >= 0.3 is 6.03 Å². The topological polar surface area (TPSA) is 68.8 Å². The van der Waals surface area contributed by atoms with Crippen LogP contribution in [0.3, 0.4) is 0 Å². The molecule has 1 heterocycles. The molecule has 2 amide bonds. The molecule has 0 unspecified atom stereocenters. The first-order valence-corrected chi connectivity index (χ1v) is 7.22. The minimum absolute atomic E-state index is 0.105. The van der Waals surface area contributed by atoms with E-state index in [0.29, 0.717) is 19.8 Å². The van der Waals surface area contributed by atoms with Crippen LogP contribution in [0.15, 0.2) is 18.2 Å². The molecule has 6 heteroatoms. The number of ether oxygens (including phenoxy) is 3. The van der Waals surface area contributed by atoms with Gasteiger partial charge in [0.15, 0.2) is 11.5 Å². The molecule has 1 aliphatic rings. The van der Waals surface area contributed by atoms with Gasteiger partial charge in [-0.1, -0.05) is 6.07 Å². The van der Waals surface area contributed by atoms with Crippen molar-refractivity contribution in [3.8, 4) is 11.5 Å². The summed E-state index contributed by atoms with van der Waals surface area (Å²) in [5, 5.41) is 5.70. The number of urea groups is 1. The minimum Gasteiger partial charge on any atom is -0.454 e. The average molecular weight is 294 g/mol. The summed E-state index contributed by atoms with van der Waals surface area (Å²) < 4.78 is 15.8. The number of hydrogen-bond acceptors (Lipinski definition) is 4. The van der Waals surface area contributed by atoms with E-state index in [0.717, 1.165) is 23.5 Å². The molecule has 1 aromatic rings. The predicted molar refractivity (Wildman–Crippen MR) is 78.6 cm³/mol. The van der Waals surface area contributed by atoms with Gasteiger partial charge < -0.3 is 24.8 Å². The van der Waals surface area contributed by atoms with Crippen molar-refractivity contribution in [3.63, 3.8) is 0 Å². The van der Waals surface area contributed by atoms with Gasteiger partial charge in [-0.15, -0.1) is 0 Å². The Morgan fingerprint density at radius 2 is 2.19 bits per heavy atom. The van der Waals surface area contributed by atoms with Gasteiger partial charge in [-0.25, -0.2) is 4.79 Å². The lowest BCUT2D eigenvalue weighted by molar-refractivity contribution is 0.145. The summed E-state index contributed by atoms with van der Waals surface area (Å²) in [6, 6.07) is 5.38. The second-order valence-electron chi connectivity index (χ2n) is 4.79. The third kappa shape index (κ3) is 4.53. The summed E-state index contributed by atoms with van der Waals surface area (Å²) >= 11 is 0. The van der Waals surface area contributed by atoms with E-state index in [1.54, 1.807) is 0 Å². The van der Waals surface area contributed by atoms with E-state index < -0.39 is 0 Å². The molecular formula is C15H22N2O4. The number of benzene rings is 1. The van der Waals surface area contributed by atoms with Crippen molar-refractivity contribution in [1.82, 2.24) is 10.6 Å². The van der Waals surface area contributed by atoms with Crippen LogP contribution in [0, 0.1) is 0 Å². The van der Waals surface area contributed by atoms with Crippen LogP contribution in [0.2, 0.25) is 0 Å². The first kappa shape index (κ1) is 15.4. The normalized spacial score (nSPS) is 13.8.